The van der Waals surface area contributed by atoms with Crippen LogP contribution in [-0.4, -0.2) is 19.1 Å². The first-order valence-electron chi connectivity index (χ1n) is 8.15. The second-order valence-corrected chi connectivity index (χ2v) is 6.21. The molecule has 5 nitrogen and oxygen atoms in total. The van der Waals surface area contributed by atoms with Crippen LogP contribution in [0.25, 0.3) is 6.08 Å². The van der Waals surface area contributed by atoms with E-state index in [0.29, 0.717) is 35.3 Å². The van der Waals surface area contributed by atoms with Crippen molar-refractivity contribution in [1.82, 2.24) is 5.32 Å². The van der Waals surface area contributed by atoms with Crippen LogP contribution in [0.3, 0.4) is 0 Å². The van der Waals surface area contributed by atoms with E-state index < -0.39 is 5.91 Å². The fourth-order valence-corrected chi connectivity index (χ4v) is 2.90. The predicted molar refractivity (Wildman–Crippen MR) is 99.0 cm³/mol. The van der Waals surface area contributed by atoms with Crippen molar-refractivity contribution in [3.8, 4) is 17.6 Å². The average molecular weight is 369 g/mol. The summed E-state index contributed by atoms with van der Waals surface area (Å²) in [6.45, 7) is 2.73. The number of nitrogens with zero attached hydrogens (tertiary/aromatic N) is 1. The first-order chi connectivity index (χ1) is 12.6. The number of fused-ring (bicyclic) bond motifs is 1. The van der Waals surface area contributed by atoms with Crippen molar-refractivity contribution in [3.63, 3.8) is 0 Å². The number of rotatable bonds is 4. The molecule has 0 spiro atoms. The number of hydrogen-bond acceptors (Lipinski definition) is 4. The molecule has 2 aromatic carbocycles. The number of halogens is 1. The number of hydrogen-bond donors (Lipinski definition) is 1. The van der Waals surface area contributed by atoms with Gasteiger partial charge in [0.2, 0.25) is 0 Å². The minimum atomic E-state index is -0.449. The van der Waals surface area contributed by atoms with Crippen LogP contribution in [0.15, 0.2) is 48.0 Å². The summed E-state index contributed by atoms with van der Waals surface area (Å²) < 4.78 is 11.0. The summed E-state index contributed by atoms with van der Waals surface area (Å²) in [6, 6.07) is 14.6. The summed E-state index contributed by atoms with van der Waals surface area (Å²) in [4.78, 5) is 12.4. The van der Waals surface area contributed by atoms with Gasteiger partial charge in [-0.05, 0) is 36.3 Å². The van der Waals surface area contributed by atoms with Crippen molar-refractivity contribution in [2.75, 3.05) is 13.2 Å². The minimum absolute atomic E-state index is 0.0134. The third kappa shape index (κ3) is 3.98. The van der Waals surface area contributed by atoms with E-state index in [2.05, 4.69) is 5.32 Å². The molecular formula is C20H17ClN2O3. The second kappa shape index (κ2) is 7.94. The van der Waals surface area contributed by atoms with Gasteiger partial charge < -0.3 is 14.8 Å². The molecule has 2 aromatic rings. The van der Waals surface area contributed by atoms with Gasteiger partial charge in [-0.2, -0.15) is 5.26 Å². The molecule has 1 amide bonds. The molecule has 1 heterocycles. The maximum atomic E-state index is 12.4. The zero-order valence-electron chi connectivity index (χ0n) is 14.2. The van der Waals surface area contributed by atoms with Crippen LogP contribution in [0, 0.1) is 11.3 Å². The van der Waals surface area contributed by atoms with Gasteiger partial charge in [0.05, 0.1) is 11.1 Å². The normalized spacial score (nSPS) is 14.3. The van der Waals surface area contributed by atoms with E-state index in [4.69, 9.17) is 21.1 Å². The number of benzene rings is 2. The summed E-state index contributed by atoms with van der Waals surface area (Å²) in [7, 11) is 0. The first-order valence-corrected chi connectivity index (χ1v) is 8.53. The van der Waals surface area contributed by atoms with Gasteiger partial charge in [0.25, 0.3) is 5.91 Å². The largest absolute Gasteiger partial charge is 0.486 e. The molecule has 3 rings (SSSR count). The van der Waals surface area contributed by atoms with E-state index in [1.54, 1.807) is 12.1 Å². The molecule has 0 saturated heterocycles. The van der Waals surface area contributed by atoms with Crippen molar-refractivity contribution >= 4 is 23.6 Å². The Balaban J connectivity index is 1.81. The first kappa shape index (κ1) is 17.8. The Morgan fingerprint density at radius 3 is 2.73 bits per heavy atom. The summed E-state index contributed by atoms with van der Waals surface area (Å²) >= 11 is 6.20. The highest BCUT2D eigenvalue weighted by Gasteiger charge is 2.18. The fraction of sp³-hybridized carbons (Fsp3) is 0.200. The molecule has 0 bridgehead atoms. The smallest absolute Gasteiger partial charge is 0.262 e. The average Bonchev–Trinajstić information content (AvgIpc) is 2.66. The standard InChI is InChI=1S/C20H17ClN2O3/c1-13(15-5-3-2-4-6-15)23-20(24)16(12-22)9-14-10-17(21)19-18(11-14)25-7-8-26-19/h2-6,9-11,13H,7-8H2,1H3,(H,23,24)/b16-9+. The lowest BCUT2D eigenvalue weighted by molar-refractivity contribution is -0.117. The molecule has 1 aliphatic heterocycles. The lowest BCUT2D eigenvalue weighted by atomic mass is 10.1. The fourth-order valence-electron chi connectivity index (χ4n) is 2.63. The zero-order chi connectivity index (χ0) is 18.5. The number of amides is 1. The maximum Gasteiger partial charge on any atom is 0.262 e. The topological polar surface area (TPSA) is 71.4 Å². The van der Waals surface area contributed by atoms with Gasteiger partial charge in [-0.3, -0.25) is 4.79 Å². The van der Waals surface area contributed by atoms with Gasteiger partial charge in [0.15, 0.2) is 11.5 Å². The van der Waals surface area contributed by atoms with Gasteiger partial charge >= 0.3 is 0 Å². The lowest BCUT2D eigenvalue weighted by Crippen LogP contribution is -2.27. The summed E-state index contributed by atoms with van der Waals surface area (Å²) in [5.74, 6) is 0.538. The molecule has 0 aliphatic carbocycles. The number of nitrogens with one attached hydrogen (secondary N) is 1. The molecule has 0 aromatic heterocycles. The highest BCUT2D eigenvalue weighted by atomic mass is 35.5. The summed E-state index contributed by atoms with van der Waals surface area (Å²) in [6.07, 6.45) is 1.48. The molecule has 1 aliphatic rings. The van der Waals surface area contributed by atoms with Crippen LogP contribution in [0.2, 0.25) is 5.02 Å². The quantitative estimate of drug-likeness (QED) is 0.656. The van der Waals surface area contributed by atoms with Crippen molar-refractivity contribution in [1.29, 1.82) is 5.26 Å². The van der Waals surface area contributed by atoms with E-state index in [1.165, 1.54) is 6.08 Å². The van der Waals surface area contributed by atoms with E-state index >= 15 is 0 Å². The van der Waals surface area contributed by atoms with Crippen molar-refractivity contribution < 1.29 is 14.3 Å². The third-order valence-electron chi connectivity index (χ3n) is 3.94. The van der Waals surface area contributed by atoms with Crippen LogP contribution in [0.4, 0.5) is 0 Å². The Kier molecular flexibility index (Phi) is 5.45. The van der Waals surface area contributed by atoms with E-state index in [0.717, 1.165) is 5.56 Å². The molecule has 0 radical (unpaired) electrons. The molecule has 0 saturated carbocycles. The number of carbonyl (C=O) groups is 1. The maximum absolute atomic E-state index is 12.4. The van der Waals surface area contributed by atoms with E-state index in [1.807, 2.05) is 43.3 Å². The van der Waals surface area contributed by atoms with Crippen LogP contribution in [0.1, 0.15) is 24.1 Å². The molecule has 6 heteroatoms. The lowest BCUT2D eigenvalue weighted by Gasteiger charge is -2.19. The highest BCUT2D eigenvalue weighted by molar-refractivity contribution is 6.32. The Hall–Kier alpha value is -2.97. The van der Waals surface area contributed by atoms with Crippen molar-refractivity contribution in [2.45, 2.75) is 13.0 Å². The van der Waals surface area contributed by atoms with Crippen LogP contribution in [-0.2, 0) is 4.79 Å². The van der Waals surface area contributed by atoms with E-state index in [-0.39, 0.29) is 11.6 Å². The van der Waals surface area contributed by atoms with E-state index in [9.17, 15) is 10.1 Å². The van der Waals surface area contributed by atoms with Gasteiger partial charge in [0.1, 0.15) is 24.9 Å². The van der Waals surface area contributed by atoms with Crippen molar-refractivity contribution in [3.05, 3.63) is 64.2 Å². The summed E-state index contributed by atoms with van der Waals surface area (Å²) in [5, 5.41) is 12.6. The van der Waals surface area contributed by atoms with Crippen LogP contribution < -0.4 is 14.8 Å². The zero-order valence-corrected chi connectivity index (χ0v) is 14.9. The van der Waals surface area contributed by atoms with Gasteiger partial charge in [-0.1, -0.05) is 41.9 Å². The molecule has 26 heavy (non-hydrogen) atoms. The minimum Gasteiger partial charge on any atom is -0.486 e. The number of nitriles is 1. The SMILES string of the molecule is CC(NC(=O)/C(C#N)=C/c1cc(Cl)c2c(c1)OCCO2)c1ccccc1. The molecule has 0 fully saturated rings. The Bertz CT molecular complexity index is 888. The second-order valence-electron chi connectivity index (χ2n) is 5.80. The van der Waals surface area contributed by atoms with Gasteiger partial charge in [0, 0.05) is 0 Å². The third-order valence-corrected chi connectivity index (χ3v) is 4.22. The highest BCUT2D eigenvalue weighted by Crippen LogP contribution is 2.38. The van der Waals surface area contributed by atoms with Gasteiger partial charge in [-0.15, -0.1) is 0 Å². The van der Waals surface area contributed by atoms with Gasteiger partial charge in [-0.25, -0.2) is 0 Å². The Morgan fingerprint density at radius 2 is 2.00 bits per heavy atom. The van der Waals surface area contributed by atoms with Crippen molar-refractivity contribution in [2.24, 2.45) is 0 Å². The predicted octanol–water partition coefficient (Wildman–Crippen LogP) is 3.90. The molecule has 1 atom stereocenters. The Labute approximate surface area is 156 Å². The Morgan fingerprint density at radius 1 is 1.27 bits per heavy atom. The molecule has 1 N–H and O–H groups in total. The number of carbonyl (C=O) groups excluding carboxylic acids is 1. The van der Waals surface area contributed by atoms with Crippen LogP contribution >= 0.6 is 11.6 Å². The van der Waals surface area contributed by atoms with Crippen LogP contribution in [0.5, 0.6) is 11.5 Å². The molecular weight excluding hydrogens is 352 g/mol. The summed E-state index contributed by atoms with van der Waals surface area (Å²) in [5.41, 5.74) is 1.54. The monoisotopic (exact) mass is 368 g/mol. The number of ether oxygens (including phenoxy) is 2. The molecule has 1 unspecified atom stereocenters. The molecule has 132 valence electrons.